The predicted molar refractivity (Wildman–Crippen MR) is 52.9 cm³/mol. The van der Waals surface area contributed by atoms with Crippen molar-refractivity contribution in [3.63, 3.8) is 0 Å². The highest BCUT2D eigenvalue weighted by Crippen LogP contribution is 2.25. The molecule has 0 fully saturated rings. The van der Waals surface area contributed by atoms with Crippen molar-refractivity contribution in [2.75, 3.05) is 5.73 Å². The third-order valence-electron chi connectivity index (χ3n) is 2.13. The minimum Gasteiger partial charge on any atom is -0.460 e. The summed E-state index contributed by atoms with van der Waals surface area (Å²) >= 11 is 0. The van der Waals surface area contributed by atoms with Gasteiger partial charge in [-0.05, 0) is 6.92 Å². The Morgan fingerprint density at radius 3 is 2.64 bits per heavy atom. The lowest BCUT2D eigenvalue weighted by Crippen LogP contribution is -1.75. The van der Waals surface area contributed by atoms with Gasteiger partial charge in [0.15, 0.2) is 17.1 Å². The van der Waals surface area contributed by atoms with Gasteiger partial charge in [0, 0.05) is 18.2 Å². The van der Waals surface area contributed by atoms with Gasteiger partial charge in [0.2, 0.25) is 0 Å². The van der Waals surface area contributed by atoms with Crippen LogP contribution >= 0.6 is 0 Å². The number of nitrogens with zero attached hydrogens (tertiary/aromatic N) is 1. The maximum atomic E-state index is 5.51. The lowest BCUT2D eigenvalue weighted by atomic mass is 10.3. The molecule has 0 bridgehead atoms. The maximum Gasteiger partial charge on any atom is 0.193 e. The molecule has 0 saturated carbocycles. The summed E-state index contributed by atoms with van der Waals surface area (Å²) in [4.78, 5) is 4.35. The van der Waals surface area contributed by atoms with Crippen molar-refractivity contribution in [1.29, 1.82) is 0 Å². The van der Waals surface area contributed by atoms with Crippen molar-refractivity contribution in [3.05, 3.63) is 24.0 Å². The molecule has 0 unspecified atom stereocenters. The van der Waals surface area contributed by atoms with Crippen LogP contribution in [-0.4, -0.2) is 4.98 Å². The molecule has 0 spiro atoms. The largest absolute Gasteiger partial charge is 0.460 e. The van der Waals surface area contributed by atoms with Crippen molar-refractivity contribution in [1.82, 2.24) is 4.98 Å². The topological polar surface area (TPSA) is 65.2 Å². The van der Waals surface area contributed by atoms with E-state index in [9.17, 15) is 0 Å². The molecule has 4 nitrogen and oxygen atoms in total. The molecular weight excluding hydrogens is 180 g/mol. The van der Waals surface area contributed by atoms with Crippen LogP contribution in [-0.2, 0) is 0 Å². The Bertz CT molecular complexity index is 519. The van der Waals surface area contributed by atoms with Gasteiger partial charge in [0.1, 0.15) is 16.8 Å². The number of fused-ring (bicyclic) bond motifs is 2. The minimum atomic E-state index is 0.372. The van der Waals surface area contributed by atoms with Crippen LogP contribution in [0.15, 0.2) is 27.0 Å². The summed E-state index contributed by atoms with van der Waals surface area (Å²) in [6.07, 6.45) is 0. The first kappa shape index (κ1) is 7.44. The zero-order valence-corrected chi connectivity index (χ0v) is 7.57. The number of hydrogen-bond donors (Lipinski definition) is 1. The molecular formula is C10H8N2O2. The Hall–Kier alpha value is -1.97. The van der Waals surface area contributed by atoms with E-state index in [-0.39, 0.29) is 0 Å². The average Bonchev–Trinajstić information content (AvgIpc) is 2.59. The number of pyridine rings is 1. The highest BCUT2D eigenvalue weighted by molar-refractivity contribution is 5.88. The van der Waals surface area contributed by atoms with Crippen LogP contribution < -0.4 is 5.73 Å². The first-order valence-corrected chi connectivity index (χ1v) is 4.28. The highest BCUT2D eigenvalue weighted by atomic mass is 16.4. The molecule has 0 atom stereocenters. The Morgan fingerprint density at radius 1 is 1.07 bits per heavy atom. The summed E-state index contributed by atoms with van der Waals surface area (Å²) in [5.74, 6) is 1.21. The monoisotopic (exact) mass is 188 g/mol. The summed E-state index contributed by atoms with van der Waals surface area (Å²) in [6.45, 7) is 1.89. The number of anilines is 1. The number of nitrogen functional groups attached to an aromatic ring is 1. The van der Waals surface area contributed by atoms with Gasteiger partial charge in [-0.3, -0.25) is 0 Å². The van der Waals surface area contributed by atoms with Crippen LogP contribution in [0.2, 0.25) is 0 Å². The summed E-state index contributed by atoms with van der Waals surface area (Å²) in [5.41, 5.74) is 8.49. The normalized spacial score (nSPS) is 11.5. The molecule has 0 saturated heterocycles. The van der Waals surface area contributed by atoms with E-state index in [1.165, 1.54) is 0 Å². The van der Waals surface area contributed by atoms with Gasteiger partial charge in [-0.2, -0.15) is 0 Å². The Labute approximate surface area is 79.3 Å². The fourth-order valence-corrected chi connectivity index (χ4v) is 1.56. The molecule has 3 heterocycles. The number of nitrogens with two attached hydrogens (primary N) is 1. The van der Waals surface area contributed by atoms with Crippen LogP contribution in [0.25, 0.3) is 22.2 Å². The van der Waals surface area contributed by atoms with Crippen molar-refractivity contribution in [2.24, 2.45) is 0 Å². The lowest BCUT2D eigenvalue weighted by molar-refractivity contribution is 0.576. The number of rotatable bonds is 0. The van der Waals surface area contributed by atoms with Gasteiger partial charge in [-0.15, -0.1) is 0 Å². The molecule has 0 amide bonds. The molecule has 0 aliphatic rings. The Kier molecular flexibility index (Phi) is 1.21. The van der Waals surface area contributed by atoms with Crippen LogP contribution in [0.3, 0.4) is 0 Å². The number of hydrogen-bond acceptors (Lipinski definition) is 4. The number of aryl methyl sites for hydroxylation is 1. The molecule has 0 aromatic carbocycles. The Balaban J connectivity index is 2.49. The van der Waals surface area contributed by atoms with Crippen molar-refractivity contribution in [3.8, 4) is 0 Å². The zero-order chi connectivity index (χ0) is 9.71. The van der Waals surface area contributed by atoms with Crippen LogP contribution in [0.5, 0.6) is 0 Å². The first-order valence-electron chi connectivity index (χ1n) is 4.28. The molecule has 3 aromatic heterocycles. The summed E-state index contributed by atoms with van der Waals surface area (Å²) in [5, 5.41) is 0. The van der Waals surface area contributed by atoms with Crippen molar-refractivity contribution in [2.45, 2.75) is 6.92 Å². The van der Waals surface area contributed by atoms with E-state index in [2.05, 4.69) is 4.98 Å². The fraction of sp³-hybridized carbons (Fsp3) is 0.100. The average molecular weight is 188 g/mol. The fourth-order valence-electron chi connectivity index (χ4n) is 1.56. The van der Waals surface area contributed by atoms with E-state index >= 15 is 0 Å². The van der Waals surface area contributed by atoms with Gasteiger partial charge < -0.3 is 14.6 Å². The molecule has 4 heteroatoms. The van der Waals surface area contributed by atoms with Gasteiger partial charge in [-0.1, -0.05) is 0 Å². The second-order valence-electron chi connectivity index (χ2n) is 3.26. The Morgan fingerprint density at radius 2 is 1.79 bits per heavy atom. The molecule has 3 rings (SSSR count). The van der Waals surface area contributed by atoms with E-state index < -0.39 is 0 Å². The number of furan rings is 2. The molecule has 0 radical (unpaired) electrons. The van der Waals surface area contributed by atoms with E-state index in [0.717, 1.165) is 22.4 Å². The van der Waals surface area contributed by atoms with Crippen LogP contribution in [0, 0.1) is 6.92 Å². The minimum absolute atomic E-state index is 0.372. The molecule has 0 aliphatic heterocycles. The first-order chi connectivity index (χ1) is 6.72. The molecule has 70 valence electrons. The highest BCUT2D eigenvalue weighted by Gasteiger charge is 2.07. The summed E-state index contributed by atoms with van der Waals surface area (Å²) in [7, 11) is 0. The SMILES string of the molecule is Cc1cc2nc3cc(N)oc3cc2o1. The molecule has 3 aromatic rings. The van der Waals surface area contributed by atoms with E-state index in [4.69, 9.17) is 14.6 Å². The second-order valence-corrected chi connectivity index (χ2v) is 3.26. The van der Waals surface area contributed by atoms with Crippen LogP contribution in [0.4, 0.5) is 5.88 Å². The van der Waals surface area contributed by atoms with Gasteiger partial charge in [-0.25, -0.2) is 4.98 Å². The molecule has 2 N–H and O–H groups in total. The maximum absolute atomic E-state index is 5.51. The summed E-state index contributed by atoms with van der Waals surface area (Å²) in [6, 6.07) is 5.40. The molecule has 0 aliphatic carbocycles. The second kappa shape index (κ2) is 2.29. The number of aromatic nitrogens is 1. The standard InChI is InChI=1S/C10H8N2O2/c1-5-2-6-8(13-5)4-9-7(12-6)3-10(11)14-9/h2-4H,11H2,1H3. The third-order valence-corrected chi connectivity index (χ3v) is 2.13. The predicted octanol–water partition coefficient (Wildman–Crippen LogP) is 2.46. The van der Waals surface area contributed by atoms with Crippen molar-refractivity contribution >= 4 is 28.1 Å². The van der Waals surface area contributed by atoms with Crippen molar-refractivity contribution < 1.29 is 8.83 Å². The third kappa shape index (κ3) is 0.907. The summed E-state index contributed by atoms with van der Waals surface area (Å²) < 4.78 is 10.7. The van der Waals surface area contributed by atoms with Gasteiger partial charge >= 0.3 is 0 Å². The lowest BCUT2D eigenvalue weighted by Gasteiger charge is -1.87. The van der Waals surface area contributed by atoms with Gasteiger partial charge in [0.05, 0.1) is 0 Å². The van der Waals surface area contributed by atoms with Gasteiger partial charge in [0.25, 0.3) is 0 Å². The van der Waals surface area contributed by atoms with E-state index in [1.807, 2.05) is 13.0 Å². The smallest absolute Gasteiger partial charge is 0.193 e. The van der Waals surface area contributed by atoms with Crippen LogP contribution in [0.1, 0.15) is 5.76 Å². The van der Waals surface area contributed by atoms with E-state index in [0.29, 0.717) is 11.5 Å². The van der Waals surface area contributed by atoms with E-state index in [1.54, 1.807) is 12.1 Å². The zero-order valence-electron chi connectivity index (χ0n) is 7.57. The quantitative estimate of drug-likeness (QED) is 0.588. The molecule has 14 heavy (non-hydrogen) atoms.